The van der Waals surface area contributed by atoms with Gasteiger partial charge in [-0.3, -0.25) is 0 Å². The van der Waals surface area contributed by atoms with Crippen LogP contribution in [0.2, 0.25) is 0 Å². The second kappa shape index (κ2) is 6.33. The van der Waals surface area contributed by atoms with Crippen molar-refractivity contribution in [1.82, 2.24) is 9.80 Å². The van der Waals surface area contributed by atoms with Crippen LogP contribution < -0.4 is 0 Å². The van der Waals surface area contributed by atoms with E-state index in [-0.39, 0.29) is 17.4 Å². The van der Waals surface area contributed by atoms with E-state index in [1.165, 1.54) is 12.1 Å². The Hall–Kier alpha value is -1.78. The molecule has 0 atom stereocenters. The number of phenolic OH excluding ortho intramolecular Hbond substituents is 2. The number of amides is 1. The van der Waals surface area contributed by atoms with Crippen molar-refractivity contribution in [2.75, 3.05) is 13.6 Å². The molecule has 1 saturated heterocycles. The van der Waals surface area contributed by atoms with E-state index in [0.717, 1.165) is 17.5 Å². The molecule has 0 bridgehead atoms. The third-order valence-electron chi connectivity index (χ3n) is 3.38. The van der Waals surface area contributed by atoms with Gasteiger partial charge in [0.1, 0.15) is 0 Å². The van der Waals surface area contributed by atoms with Crippen molar-refractivity contribution in [3.63, 3.8) is 0 Å². The van der Waals surface area contributed by atoms with Gasteiger partial charge < -0.3 is 0 Å². The SMILES string of the molecule is CCCCN1C(=O)C(=Cc2ccc(O)cc2O)N(C)C1=[Se]. The first-order valence-corrected chi connectivity index (χ1v) is 7.64. The van der Waals surface area contributed by atoms with E-state index in [2.05, 4.69) is 22.5 Å². The summed E-state index contributed by atoms with van der Waals surface area (Å²) in [6, 6.07) is 4.30. The molecule has 1 aromatic rings. The van der Waals surface area contributed by atoms with Crippen LogP contribution >= 0.6 is 0 Å². The molecule has 0 spiro atoms. The van der Waals surface area contributed by atoms with Gasteiger partial charge in [0.25, 0.3) is 0 Å². The maximum absolute atomic E-state index is 12.5. The van der Waals surface area contributed by atoms with Gasteiger partial charge in [0, 0.05) is 0 Å². The van der Waals surface area contributed by atoms with Crippen molar-refractivity contribution in [2.45, 2.75) is 19.8 Å². The second-order valence-electron chi connectivity index (χ2n) is 4.92. The van der Waals surface area contributed by atoms with Gasteiger partial charge in [-0.15, -0.1) is 0 Å². The molecule has 6 heteroatoms. The number of phenols is 2. The summed E-state index contributed by atoms with van der Waals surface area (Å²) in [7, 11) is 1.80. The zero-order chi connectivity index (χ0) is 15.6. The van der Waals surface area contributed by atoms with Gasteiger partial charge in [-0.1, -0.05) is 0 Å². The van der Waals surface area contributed by atoms with Gasteiger partial charge in [0.15, 0.2) is 0 Å². The minimum absolute atomic E-state index is 0.0126. The Balaban J connectivity index is 2.32. The summed E-state index contributed by atoms with van der Waals surface area (Å²) in [5, 5.41) is 19.1. The number of nitrogens with zero attached hydrogens (tertiary/aromatic N) is 2. The van der Waals surface area contributed by atoms with Crippen molar-refractivity contribution < 1.29 is 15.0 Å². The number of carbonyl (C=O) groups is 1. The average molecular weight is 353 g/mol. The number of carbonyl (C=O) groups excluding carboxylic acids is 1. The van der Waals surface area contributed by atoms with E-state index < -0.39 is 0 Å². The Kier molecular flexibility index (Phi) is 4.70. The van der Waals surface area contributed by atoms with Crippen molar-refractivity contribution in [3.8, 4) is 11.5 Å². The molecule has 5 nitrogen and oxygen atoms in total. The first-order chi connectivity index (χ1) is 9.95. The molecule has 1 amide bonds. The normalized spacial score (nSPS) is 17.1. The predicted molar refractivity (Wildman–Crippen MR) is 82.9 cm³/mol. The fraction of sp³-hybridized carbons (Fsp3) is 0.333. The van der Waals surface area contributed by atoms with E-state index in [4.69, 9.17) is 0 Å². The summed E-state index contributed by atoms with van der Waals surface area (Å²) in [5.41, 5.74) is 0.981. The predicted octanol–water partition coefficient (Wildman–Crippen LogP) is 1.27. The number of hydrogen-bond donors (Lipinski definition) is 2. The summed E-state index contributed by atoms with van der Waals surface area (Å²) in [6.07, 6.45) is 3.57. The monoisotopic (exact) mass is 354 g/mol. The summed E-state index contributed by atoms with van der Waals surface area (Å²) in [4.78, 5) is 15.9. The molecule has 2 N–H and O–H groups in total. The van der Waals surface area contributed by atoms with Gasteiger partial charge in [-0.2, -0.15) is 0 Å². The fourth-order valence-corrected chi connectivity index (χ4v) is 2.70. The zero-order valence-electron chi connectivity index (χ0n) is 12.0. The molecule has 1 aliphatic heterocycles. The molecule has 1 fully saturated rings. The van der Waals surface area contributed by atoms with E-state index in [0.29, 0.717) is 17.8 Å². The van der Waals surface area contributed by atoms with Gasteiger partial charge in [0.05, 0.1) is 0 Å². The van der Waals surface area contributed by atoms with E-state index in [9.17, 15) is 15.0 Å². The van der Waals surface area contributed by atoms with E-state index in [1.807, 2.05) is 0 Å². The van der Waals surface area contributed by atoms with Gasteiger partial charge in [-0.25, -0.2) is 0 Å². The van der Waals surface area contributed by atoms with Gasteiger partial charge in [-0.05, 0) is 0 Å². The molecule has 21 heavy (non-hydrogen) atoms. The topological polar surface area (TPSA) is 64.0 Å². The van der Waals surface area contributed by atoms with Gasteiger partial charge >= 0.3 is 131 Å². The summed E-state index contributed by atoms with van der Waals surface area (Å²) >= 11 is 2.92. The molecule has 1 aromatic carbocycles. The van der Waals surface area contributed by atoms with Crippen LogP contribution in [-0.2, 0) is 4.79 Å². The summed E-state index contributed by atoms with van der Waals surface area (Å²) in [5.74, 6) is -0.161. The molecule has 0 unspecified atom stereocenters. The van der Waals surface area contributed by atoms with Crippen LogP contribution in [0.3, 0.4) is 0 Å². The van der Waals surface area contributed by atoms with Crippen LogP contribution in [0, 0.1) is 0 Å². The van der Waals surface area contributed by atoms with Crippen LogP contribution in [0.5, 0.6) is 11.5 Å². The molecule has 2 rings (SSSR count). The minimum atomic E-state index is -0.0906. The number of benzene rings is 1. The third kappa shape index (κ3) is 3.12. The molecule has 1 heterocycles. The second-order valence-corrected chi connectivity index (χ2v) is 5.69. The van der Waals surface area contributed by atoms with Crippen molar-refractivity contribution in [2.24, 2.45) is 0 Å². The maximum atomic E-state index is 12.5. The molecule has 0 aromatic heterocycles. The standard InChI is InChI=1S/C15H18N2O3Se/c1-3-4-7-17-14(20)12(16(2)15(17)21)8-10-5-6-11(18)9-13(10)19/h5-6,8-9,18-19H,3-4,7H2,1-2H3. The quantitative estimate of drug-likeness (QED) is 0.632. The zero-order valence-corrected chi connectivity index (χ0v) is 13.7. The van der Waals surface area contributed by atoms with Crippen LogP contribution in [0.4, 0.5) is 0 Å². The average Bonchev–Trinajstić information content (AvgIpc) is 2.64. The molecule has 0 radical (unpaired) electrons. The fourth-order valence-electron chi connectivity index (χ4n) is 2.13. The molecular weight excluding hydrogens is 335 g/mol. The first kappa shape index (κ1) is 15.6. The van der Waals surface area contributed by atoms with Crippen molar-refractivity contribution in [3.05, 3.63) is 29.5 Å². The Morgan fingerprint density at radius 2 is 2.05 bits per heavy atom. The number of hydrogen-bond acceptors (Lipinski definition) is 4. The molecule has 0 aliphatic carbocycles. The summed E-state index contributed by atoms with van der Waals surface area (Å²) in [6.45, 7) is 2.75. The van der Waals surface area contributed by atoms with Crippen LogP contribution in [0.25, 0.3) is 6.08 Å². The molecule has 0 saturated carbocycles. The molecular formula is C15H18N2O3Se. The van der Waals surface area contributed by atoms with E-state index in [1.54, 1.807) is 29.0 Å². The third-order valence-corrected chi connectivity index (χ3v) is 4.42. The Labute approximate surface area is 131 Å². The van der Waals surface area contributed by atoms with Crippen LogP contribution in [-0.4, -0.2) is 59.8 Å². The Bertz CT molecular complexity index is 613. The number of likely N-dealkylation sites (N-methyl/N-ethyl adjacent to an activating group) is 1. The number of aromatic hydroxyl groups is 2. The van der Waals surface area contributed by atoms with Crippen molar-refractivity contribution in [1.29, 1.82) is 0 Å². The van der Waals surface area contributed by atoms with Crippen LogP contribution in [0.1, 0.15) is 25.3 Å². The number of unbranched alkanes of at least 4 members (excludes halogenated alkanes) is 1. The van der Waals surface area contributed by atoms with Crippen molar-refractivity contribution >= 4 is 32.2 Å². The Morgan fingerprint density at radius 1 is 1.33 bits per heavy atom. The number of rotatable bonds is 4. The molecule has 1 aliphatic rings. The van der Waals surface area contributed by atoms with Crippen LogP contribution in [0.15, 0.2) is 23.9 Å². The summed E-state index contributed by atoms with van der Waals surface area (Å²) < 4.78 is 0.762. The Morgan fingerprint density at radius 3 is 2.67 bits per heavy atom. The first-order valence-electron chi connectivity index (χ1n) is 6.79. The van der Waals surface area contributed by atoms with Gasteiger partial charge in [0.2, 0.25) is 0 Å². The van der Waals surface area contributed by atoms with E-state index >= 15 is 0 Å². The molecule has 112 valence electrons.